The lowest BCUT2D eigenvalue weighted by atomic mass is 9.82. The zero-order valence-corrected chi connectivity index (χ0v) is 12.6. The first-order valence-electron chi connectivity index (χ1n) is 5.90. The molecule has 0 aliphatic carbocycles. The van der Waals surface area contributed by atoms with Gasteiger partial charge in [0.25, 0.3) is 0 Å². The van der Waals surface area contributed by atoms with Gasteiger partial charge in [0, 0.05) is 18.9 Å². The molecule has 2 rings (SSSR count). The number of rotatable bonds is 2. The van der Waals surface area contributed by atoms with Crippen LogP contribution >= 0.6 is 22.6 Å². The third-order valence-electron chi connectivity index (χ3n) is 3.69. The van der Waals surface area contributed by atoms with Crippen LogP contribution in [0.25, 0.3) is 0 Å². The molecular formula is C14H19IN+. The van der Waals surface area contributed by atoms with Crippen LogP contribution < -0.4 is 0 Å². The summed E-state index contributed by atoms with van der Waals surface area (Å²) < 4.78 is 3.87. The van der Waals surface area contributed by atoms with Crippen LogP contribution in [0, 0.1) is 3.57 Å². The fourth-order valence-electron chi connectivity index (χ4n) is 2.50. The second-order valence-electron chi connectivity index (χ2n) is 5.00. The first-order valence-corrected chi connectivity index (χ1v) is 6.98. The average Bonchev–Trinajstić information content (AvgIpc) is 2.42. The number of nitrogens with zero attached hydrogens (tertiary/aromatic N) is 1. The van der Waals surface area contributed by atoms with E-state index >= 15 is 0 Å². The number of benzene rings is 1. The van der Waals surface area contributed by atoms with Crippen molar-refractivity contribution in [2.24, 2.45) is 0 Å². The van der Waals surface area contributed by atoms with Crippen LogP contribution in [-0.2, 0) is 5.41 Å². The SMILES string of the molecule is CCC[N+]1=C(C)C(C)(C)c2cccc(I)c21. The Hall–Kier alpha value is -0.380. The molecule has 1 nitrogen and oxygen atoms in total. The first kappa shape index (κ1) is 12.1. The van der Waals surface area contributed by atoms with Gasteiger partial charge in [-0.15, -0.1) is 0 Å². The minimum absolute atomic E-state index is 0.186. The van der Waals surface area contributed by atoms with E-state index in [2.05, 4.69) is 73.1 Å². The predicted molar refractivity (Wildman–Crippen MR) is 77.9 cm³/mol. The highest BCUT2D eigenvalue weighted by Crippen LogP contribution is 2.41. The molecule has 0 aromatic heterocycles. The Bertz CT molecular complexity index is 458. The zero-order valence-electron chi connectivity index (χ0n) is 10.5. The largest absolute Gasteiger partial charge is 0.222 e. The van der Waals surface area contributed by atoms with Crippen LogP contribution in [0.2, 0.25) is 0 Å². The van der Waals surface area contributed by atoms with E-state index in [1.807, 2.05) is 0 Å². The Kier molecular flexibility index (Phi) is 3.12. The van der Waals surface area contributed by atoms with Gasteiger partial charge in [-0.3, -0.25) is 0 Å². The molecule has 0 atom stereocenters. The third kappa shape index (κ3) is 1.62. The maximum atomic E-state index is 2.50. The second-order valence-corrected chi connectivity index (χ2v) is 6.16. The lowest BCUT2D eigenvalue weighted by Crippen LogP contribution is -2.26. The van der Waals surface area contributed by atoms with Crippen LogP contribution in [-0.4, -0.2) is 16.8 Å². The van der Waals surface area contributed by atoms with Gasteiger partial charge in [0.15, 0.2) is 5.71 Å². The molecule has 1 aliphatic heterocycles. The van der Waals surface area contributed by atoms with E-state index < -0.39 is 0 Å². The fourth-order valence-corrected chi connectivity index (χ4v) is 3.29. The van der Waals surface area contributed by atoms with Crippen molar-refractivity contribution in [2.45, 2.75) is 39.5 Å². The number of hydrogen-bond donors (Lipinski definition) is 0. The molecule has 1 heterocycles. The lowest BCUT2D eigenvalue weighted by molar-refractivity contribution is -0.439. The van der Waals surface area contributed by atoms with Gasteiger partial charge < -0.3 is 0 Å². The summed E-state index contributed by atoms with van der Waals surface area (Å²) in [5.41, 5.74) is 4.58. The molecule has 0 N–H and O–H groups in total. The maximum Gasteiger partial charge on any atom is 0.222 e. The van der Waals surface area contributed by atoms with Gasteiger partial charge in [0.2, 0.25) is 5.69 Å². The monoisotopic (exact) mass is 328 g/mol. The van der Waals surface area contributed by atoms with Gasteiger partial charge in [-0.05, 0) is 42.5 Å². The summed E-state index contributed by atoms with van der Waals surface area (Å²) >= 11 is 2.45. The highest BCUT2D eigenvalue weighted by Gasteiger charge is 2.43. The van der Waals surface area contributed by atoms with Crippen LogP contribution in [0.15, 0.2) is 18.2 Å². The van der Waals surface area contributed by atoms with Gasteiger partial charge in [0.05, 0.1) is 8.99 Å². The minimum atomic E-state index is 0.186. The molecule has 0 spiro atoms. The summed E-state index contributed by atoms with van der Waals surface area (Å²) in [6.45, 7) is 10.3. The zero-order chi connectivity index (χ0) is 11.9. The van der Waals surface area contributed by atoms with E-state index in [4.69, 9.17) is 0 Å². The van der Waals surface area contributed by atoms with Crippen LogP contribution in [0.4, 0.5) is 5.69 Å². The molecule has 0 fully saturated rings. The van der Waals surface area contributed by atoms with Crippen LogP contribution in [0.5, 0.6) is 0 Å². The van der Waals surface area contributed by atoms with Crippen molar-refractivity contribution in [1.82, 2.24) is 0 Å². The molecule has 0 unspecified atom stereocenters. The first-order chi connectivity index (χ1) is 7.50. The van der Waals surface area contributed by atoms with Crippen molar-refractivity contribution in [1.29, 1.82) is 0 Å². The standard InChI is InChI=1S/C14H19IN/c1-5-9-16-10(2)14(3,4)11-7-6-8-12(15)13(11)16/h6-8H,5,9H2,1-4H3/q+1. The molecule has 0 amide bonds. The smallest absolute Gasteiger partial charge is 0.198 e. The summed E-state index contributed by atoms with van der Waals surface area (Å²) in [5, 5.41) is 0. The lowest BCUT2D eigenvalue weighted by Gasteiger charge is -2.14. The summed E-state index contributed by atoms with van der Waals surface area (Å²) in [5.74, 6) is 0. The van der Waals surface area contributed by atoms with E-state index in [-0.39, 0.29) is 5.41 Å². The molecule has 0 saturated heterocycles. The average molecular weight is 328 g/mol. The number of para-hydroxylation sites is 1. The number of halogens is 1. The summed E-state index contributed by atoms with van der Waals surface area (Å²) in [4.78, 5) is 0. The topological polar surface area (TPSA) is 3.01 Å². The van der Waals surface area contributed by atoms with Gasteiger partial charge in [-0.1, -0.05) is 19.1 Å². The van der Waals surface area contributed by atoms with E-state index in [1.165, 1.54) is 27.0 Å². The molecule has 86 valence electrons. The predicted octanol–water partition coefficient (Wildman–Crippen LogP) is 4.10. The molecule has 1 aromatic rings. The molecule has 1 aliphatic rings. The van der Waals surface area contributed by atoms with Crippen LogP contribution in [0.3, 0.4) is 0 Å². The van der Waals surface area contributed by atoms with Crippen molar-refractivity contribution < 1.29 is 4.58 Å². The number of hydrogen-bond acceptors (Lipinski definition) is 0. The van der Waals surface area contributed by atoms with Gasteiger partial charge >= 0.3 is 0 Å². The molecular weight excluding hydrogens is 309 g/mol. The second kappa shape index (κ2) is 4.13. The van der Waals surface area contributed by atoms with Gasteiger partial charge in [-0.2, -0.15) is 4.58 Å². The molecule has 2 heteroatoms. The van der Waals surface area contributed by atoms with E-state index in [0.717, 1.165) is 6.54 Å². The Morgan fingerprint density at radius 3 is 2.62 bits per heavy atom. The van der Waals surface area contributed by atoms with E-state index in [1.54, 1.807) is 0 Å². The summed E-state index contributed by atoms with van der Waals surface area (Å²) in [7, 11) is 0. The van der Waals surface area contributed by atoms with Gasteiger partial charge in [0.1, 0.15) is 6.54 Å². The molecule has 1 aromatic carbocycles. The van der Waals surface area contributed by atoms with Crippen molar-refractivity contribution in [3.8, 4) is 0 Å². The van der Waals surface area contributed by atoms with Crippen molar-refractivity contribution in [2.75, 3.05) is 6.54 Å². The Labute approximate surface area is 112 Å². The Morgan fingerprint density at radius 2 is 2.00 bits per heavy atom. The summed E-state index contributed by atoms with van der Waals surface area (Å²) in [6, 6.07) is 6.65. The molecule has 0 saturated carbocycles. The normalized spacial score (nSPS) is 17.8. The minimum Gasteiger partial charge on any atom is -0.198 e. The quantitative estimate of drug-likeness (QED) is 0.568. The van der Waals surface area contributed by atoms with Crippen molar-refractivity contribution in [3.05, 3.63) is 27.3 Å². The van der Waals surface area contributed by atoms with Gasteiger partial charge in [-0.25, -0.2) is 0 Å². The Balaban J connectivity index is 2.68. The molecule has 16 heavy (non-hydrogen) atoms. The van der Waals surface area contributed by atoms with Crippen LogP contribution in [0.1, 0.15) is 39.7 Å². The van der Waals surface area contributed by atoms with E-state index in [9.17, 15) is 0 Å². The van der Waals surface area contributed by atoms with E-state index in [0.29, 0.717) is 0 Å². The molecule has 0 bridgehead atoms. The number of fused-ring (bicyclic) bond motifs is 1. The Morgan fingerprint density at radius 1 is 1.31 bits per heavy atom. The highest BCUT2D eigenvalue weighted by molar-refractivity contribution is 14.1. The highest BCUT2D eigenvalue weighted by atomic mass is 127. The van der Waals surface area contributed by atoms with Crippen molar-refractivity contribution in [3.63, 3.8) is 0 Å². The fraction of sp³-hybridized carbons (Fsp3) is 0.500. The molecule has 0 radical (unpaired) electrons. The maximum absolute atomic E-state index is 2.50. The van der Waals surface area contributed by atoms with Crippen molar-refractivity contribution >= 4 is 34.0 Å². The third-order valence-corrected chi connectivity index (χ3v) is 4.56. The summed E-state index contributed by atoms with van der Waals surface area (Å²) in [6.07, 6.45) is 1.19.